The second-order valence-electron chi connectivity index (χ2n) is 6.13. The van der Waals surface area contributed by atoms with E-state index in [1.807, 2.05) is 42.5 Å². The highest BCUT2D eigenvalue weighted by Crippen LogP contribution is 2.30. The number of fused-ring (bicyclic) bond motifs is 1. The van der Waals surface area contributed by atoms with Crippen LogP contribution in [-0.4, -0.2) is 27.4 Å². The molecule has 1 saturated heterocycles. The first kappa shape index (κ1) is 16.8. The zero-order valence-electron chi connectivity index (χ0n) is 14.3. The van der Waals surface area contributed by atoms with Crippen LogP contribution in [0.15, 0.2) is 58.5 Å². The summed E-state index contributed by atoms with van der Waals surface area (Å²) in [6.45, 7) is 2.51. The number of rotatable bonds is 4. The SMILES string of the molecule is CCc1ccc(-n2c(SC3CCOC3=O)nc3ccccc3c2=O)cc1. The third kappa shape index (κ3) is 3.01. The number of cyclic esters (lactones) is 1. The molecule has 1 aliphatic heterocycles. The molecule has 1 aromatic heterocycles. The smallest absolute Gasteiger partial charge is 0.319 e. The minimum atomic E-state index is -0.329. The first-order valence-corrected chi connectivity index (χ1v) is 9.49. The maximum Gasteiger partial charge on any atom is 0.319 e. The third-order valence-electron chi connectivity index (χ3n) is 4.48. The standard InChI is InChI=1S/C20H18N2O3S/c1-2-13-7-9-14(10-8-13)22-18(23)15-5-3-4-6-16(15)21-20(22)26-17-11-12-25-19(17)24/h3-10,17H,2,11-12H2,1H3. The molecule has 2 heterocycles. The van der Waals surface area contributed by atoms with Crippen molar-refractivity contribution in [1.29, 1.82) is 0 Å². The summed E-state index contributed by atoms with van der Waals surface area (Å²) < 4.78 is 6.65. The van der Waals surface area contributed by atoms with Gasteiger partial charge in [0.1, 0.15) is 5.25 Å². The highest BCUT2D eigenvalue weighted by Gasteiger charge is 2.29. The predicted octanol–water partition coefficient (Wildman–Crippen LogP) is 3.36. The minimum absolute atomic E-state index is 0.131. The fourth-order valence-corrected chi connectivity index (χ4v) is 4.09. The highest BCUT2D eigenvalue weighted by atomic mass is 32.2. The Balaban J connectivity index is 1.89. The van der Waals surface area contributed by atoms with Crippen molar-refractivity contribution in [1.82, 2.24) is 9.55 Å². The lowest BCUT2D eigenvalue weighted by Gasteiger charge is -2.15. The van der Waals surface area contributed by atoms with E-state index in [1.165, 1.54) is 17.3 Å². The first-order chi connectivity index (χ1) is 12.7. The lowest BCUT2D eigenvalue weighted by atomic mass is 10.1. The first-order valence-electron chi connectivity index (χ1n) is 8.62. The third-order valence-corrected chi connectivity index (χ3v) is 5.68. The van der Waals surface area contributed by atoms with Crippen LogP contribution in [0.4, 0.5) is 0 Å². The second-order valence-corrected chi connectivity index (χ2v) is 7.30. The lowest BCUT2D eigenvalue weighted by molar-refractivity contribution is -0.137. The van der Waals surface area contributed by atoms with E-state index in [-0.39, 0.29) is 16.8 Å². The maximum absolute atomic E-state index is 13.2. The number of hydrogen-bond donors (Lipinski definition) is 0. The lowest BCUT2D eigenvalue weighted by Crippen LogP contribution is -2.23. The fraction of sp³-hybridized carbons (Fsp3) is 0.250. The van der Waals surface area contributed by atoms with Crippen molar-refractivity contribution in [3.63, 3.8) is 0 Å². The van der Waals surface area contributed by atoms with Crippen LogP contribution >= 0.6 is 11.8 Å². The van der Waals surface area contributed by atoms with Crippen LogP contribution in [0, 0.1) is 0 Å². The Morgan fingerprint density at radius 2 is 1.92 bits per heavy atom. The molecule has 1 fully saturated rings. The van der Waals surface area contributed by atoms with E-state index in [2.05, 4.69) is 11.9 Å². The Morgan fingerprint density at radius 3 is 2.62 bits per heavy atom. The van der Waals surface area contributed by atoms with Gasteiger partial charge in [0.25, 0.3) is 5.56 Å². The number of carbonyl (C=O) groups is 1. The van der Waals surface area contributed by atoms with E-state index in [9.17, 15) is 9.59 Å². The average Bonchev–Trinajstić information content (AvgIpc) is 3.07. The molecule has 0 bridgehead atoms. The maximum atomic E-state index is 13.2. The molecular formula is C20H18N2O3S. The Kier molecular flexibility index (Phi) is 4.51. The molecular weight excluding hydrogens is 348 g/mol. The molecule has 5 nitrogen and oxygen atoms in total. The van der Waals surface area contributed by atoms with Crippen LogP contribution in [-0.2, 0) is 16.0 Å². The normalized spacial score (nSPS) is 16.8. The van der Waals surface area contributed by atoms with Crippen molar-refractivity contribution in [3.8, 4) is 5.69 Å². The zero-order valence-corrected chi connectivity index (χ0v) is 15.2. The average molecular weight is 366 g/mol. The summed E-state index contributed by atoms with van der Waals surface area (Å²) in [5.74, 6) is -0.245. The van der Waals surface area contributed by atoms with Crippen LogP contribution in [0.1, 0.15) is 18.9 Å². The Hall–Kier alpha value is -2.60. The molecule has 2 aromatic carbocycles. The van der Waals surface area contributed by atoms with Gasteiger partial charge in [-0.05, 0) is 36.2 Å². The number of nitrogens with zero attached hydrogens (tertiary/aromatic N) is 2. The van der Waals surface area contributed by atoms with Gasteiger partial charge in [0.15, 0.2) is 5.16 Å². The van der Waals surface area contributed by atoms with Gasteiger partial charge >= 0.3 is 5.97 Å². The Labute approximate surface area is 155 Å². The number of para-hydroxylation sites is 1. The summed E-state index contributed by atoms with van der Waals surface area (Å²) in [4.78, 5) is 29.7. The number of hydrogen-bond acceptors (Lipinski definition) is 5. The van der Waals surface area contributed by atoms with E-state index in [1.54, 1.807) is 10.6 Å². The molecule has 3 aromatic rings. The molecule has 132 valence electrons. The van der Waals surface area contributed by atoms with Gasteiger partial charge in [0.05, 0.1) is 23.2 Å². The van der Waals surface area contributed by atoms with E-state index < -0.39 is 0 Å². The number of aryl methyl sites for hydroxylation is 1. The topological polar surface area (TPSA) is 61.2 Å². The van der Waals surface area contributed by atoms with Gasteiger partial charge in [-0.1, -0.05) is 43.0 Å². The molecule has 6 heteroatoms. The quantitative estimate of drug-likeness (QED) is 0.523. The summed E-state index contributed by atoms with van der Waals surface area (Å²) in [5.41, 5.74) is 2.45. The van der Waals surface area contributed by atoms with Gasteiger partial charge in [-0.2, -0.15) is 0 Å². The summed E-state index contributed by atoms with van der Waals surface area (Å²) in [5, 5.41) is 0.747. The van der Waals surface area contributed by atoms with E-state index in [4.69, 9.17) is 4.74 Å². The number of thioether (sulfide) groups is 1. The van der Waals surface area contributed by atoms with Crippen molar-refractivity contribution in [2.75, 3.05) is 6.61 Å². The van der Waals surface area contributed by atoms with Gasteiger partial charge in [0.2, 0.25) is 0 Å². The molecule has 0 spiro atoms. The van der Waals surface area contributed by atoms with E-state index >= 15 is 0 Å². The highest BCUT2D eigenvalue weighted by molar-refractivity contribution is 8.00. The number of carbonyl (C=O) groups excluding carboxylic acids is 1. The molecule has 0 N–H and O–H groups in total. The van der Waals surface area contributed by atoms with Gasteiger partial charge in [-0.15, -0.1) is 0 Å². The molecule has 1 aliphatic rings. The van der Waals surface area contributed by atoms with Gasteiger partial charge in [0, 0.05) is 6.42 Å². The van der Waals surface area contributed by atoms with Crippen molar-refractivity contribution >= 4 is 28.6 Å². The Bertz CT molecular complexity index is 1030. The van der Waals surface area contributed by atoms with Gasteiger partial charge in [-0.3, -0.25) is 14.2 Å². The number of ether oxygens (including phenoxy) is 1. The van der Waals surface area contributed by atoms with Crippen LogP contribution in [0.2, 0.25) is 0 Å². The summed E-state index contributed by atoms with van der Waals surface area (Å²) in [7, 11) is 0. The second kappa shape index (κ2) is 6.96. The molecule has 0 radical (unpaired) electrons. The number of esters is 1. The molecule has 0 aliphatic carbocycles. The number of benzene rings is 2. The fourth-order valence-electron chi connectivity index (χ4n) is 3.01. The largest absolute Gasteiger partial charge is 0.465 e. The zero-order chi connectivity index (χ0) is 18.1. The van der Waals surface area contributed by atoms with E-state index in [0.29, 0.717) is 29.1 Å². The van der Waals surface area contributed by atoms with Crippen LogP contribution in [0.5, 0.6) is 0 Å². The van der Waals surface area contributed by atoms with Crippen molar-refractivity contribution in [2.24, 2.45) is 0 Å². The van der Waals surface area contributed by atoms with E-state index in [0.717, 1.165) is 12.1 Å². The molecule has 26 heavy (non-hydrogen) atoms. The summed E-state index contributed by atoms with van der Waals surface area (Å²) in [6.07, 6.45) is 1.56. The predicted molar refractivity (Wildman–Crippen MR) is 102 cm³/mol. The van der Waals surface area contributed by atoms with Crippen LogP contribution in [0.25, 0.3) is 16.6 Å². The summed E-state index contributed by atoms with van der Waals surface area (Å²) >= 11 is 1.30. The molecule has 1 atom stereocenters. The molecule has 0 amide bonds. The van der Waals surface area contributed by atoms with Crippen molar-refractivity contribution < 1.29 is 9.53 Å². The van der Waals surface area contributed by atoms with Crippen molar-refractivity contribution in [3.05, 3.63) is 64.4 Å². The van der Waals surface area contributed by atoms with Gasteiger partial charge < -0.3 is 4.74 Å². The molecule has 1 unspecified atom stereocenters. The van der Waals surface area contributed by atoms with Crippen LogP contribution < -0.4 is 5.56 Å². The minimum Gasteiger partial charge on any atom is -0.465 e. The molecule has 0 saturated carbocycles. The summed E-state index contributed by atoms with van der Waals surface area (Å²) in [6, 6.07) is 15.1. The van der Waals surface area contributed by atoms with Crippen molar-refractivity contribution in [2.45, 2.75) is 30.2 Å². The molecule has 4 rings (SSSR count). The monoisotopic (exact) mass is 366 g/mol. The van der Waals surface area contributed by atoms with Gasteiger partial charge in [-0.25, -0.2) is 4.98 Å². The van der Waals surface area contributed by atoms with Crippen LogP contribution in [0.3, 0.4) is 0 Å². The Morgan fingerprint density at radius 1 is 1.15 bits per heavy atom. The number of aromatic nitrogens is 2.